The van der Waals surface area contributed by atoms with E-state index in [9.17, 15) is 10.2 Å². The maximum Gasteiger partial charge on any atom is 0.141 e. The lowest BCUT2D eigenvalue weighted by Crippen LogP contribution is -1.78. The molecule has 2 N–H and O–H groups in total. The summed E-state index contributed by atoms with van der Waals surface area (Å²) in [4.78, 5) is 8.08. The van der Waals surface area contributed by atoms with Gasteiger partial charge in [-0.15, -0.1) is 0 Å². The number of pyridine rings is 2. The molecule has 0 saturated heterocycles. The molecule has 0 bridgehead atoms. The van der Waals surface area contributed by atoms with Crippen LogP contribution < -0.4 is 0 Å². The van der Waals surface area contributed by atoms with Gasteiger partial charge >= 0.3 is 0 Å². The number of aromatic hydroxyl groups is 2. The van der Waals surface area contributed by atoms with Gasteiger partial charge in [-0.05, 0) is 40.2 Å². The number of nitrogens with zero attached hydrogens (tertiary/aromatic N) is 2. The van der Waals surface area contributed by atoms with E-state index < -0.39 is 0 Å². The van der Waals surface area contributed by atoms with Crippen LogP contribution in [-0.2, 0) is 0 Å². The number of fused-ring (bicyclic) bond motifs is 2. The zero-order chi connectivity index (χ0) is 17.1. The van der Waals surface area contributed by atoms with Gasteiger partial charge in [-0.2, -0.15) is 0 Å². The molecule has 0 aliphatic carbocycles. The molecule has 0 aliphatic heterocycles. The highest BCUT2D eigenvalue weighted by Gasteiger charge is 2.00. The summed E-state index contributed by atoms with van der Waals surface area (Å²) in [5, 5.41) is 21.1. The lowest BCUT2D eigenvalue weighted by Gasteiger charge is -1.98. The van der Waals surface area contributed by atoms with Crippen molar-refractivity contribution in [3.63, 3.8) is 0 Å². The topological polar surface area (TPSA) is 66.2 Å². The quantitative estimate of drug-likeness (QED) is 0.418. The molecule has 0 fully saturated rings. The number of hydrogen-bond acceptors (Lipinski definition) is 4. The van der Waals surface area contributed by atoms with E-state index in [0.717, 1.165) is 15.2 Å². The molecule has 4 aromatic rings. The average Bonchev–Trinajstić information content (AvgIpc) is 2.55. The van der Waals surface area contributed by atoms with Crippen LogP contribution >= 0.6 is 27.5 Å². The van der Waals surface area contributed by atoms with Crippen molar-refractivity contribution < 1.29 is 10.2 Å². The van der Waals surface area contributed by atoms with E-state index in [0.29, 0.717) is 16.1 Å². The summed E-state index contributed by atoms with van der Waals surface area (Å²) in [5.74, 6) is 0.407. The Bertz CT molecular complexity index is 941. The molecule has 120 valence electrons. The van der Waals surface area contributed by atoms with Crippen molar-refractivity contribution in [1.82, 2.24) is 9.97 Å². The number of hydrogen-bond donors (Lipinski definition) is 2. The summed E-state index contributed by atoms with van der Waals surface area (Å²) in [6.07, 6.45) is 3.19. The maximum absolute atomic E-state index is 9.38. The third-order valence-corrected chi connectivity index (χ3v) is 3.95. The zero-order valence-corrected chi connectivity index (χ0v) is 14.7. The van der Waals surface area contributed by atoms with Gasteiger partial charge in [0.1, 0.15) is 22.5 Å². The number of para-hydroxylation sites is 2. The first-order valence-electron chi connectivity index (χ1n) is 7.01. The minimum absolute atomic E-state index is 0.184. The summed E-state index contributed by atoms with van der Waals surface area (Å²) in [7, 11) is 0. The summed E-state index contributed by atoms with van der Waals surface area (Å²) >= 11 is 9.04. The fraction of sp³-hybridized carbons (Fsp3) is 0. The fourth-order valence-electron chi connectivity index (χ4n) is 2.24. The number of benzene rings is 2. The SMILES string of the molecule is Oc1cccc2cc(Br)cnc12.Oc1cccc2cc(Cl)cnc12. The standard InChI is InChI=1S/C9H6BrNO.C9H6ClNO/c2*10-7-4-6-2-1-3-8(12)9(6)11-5-7/h2*1-5,12H. The van der Waals surface area contributed by atoms with Gasteiger partial charge in [-0.3, -0.25) is 9.97 Å². The Hall–Kier alpha value is -2.37. The summed E-state index contributed by atoms with van der Waals surface area (Å²) < 4.78 is 0.917. The number of rotatable bonds is 0. The molecule has 0 unspecified atom stereocenters. The fourth-order valence-corrected chi connectivity index (χ4v) is 2.75. The molecule has 0 saturated carbocycles. The van der Waals surface area contributed by atoms with Gasteiger partial charge in [0.2, 0.25) is 0 Å². The molecule has 4 rings (SSSR count). The van der Waals surface area contributed by atoms with Crippen LogP contribution in [0, 0.1) is 0 Å². The van der Waals surface area contributed by atoms with Crippen LogP contribution in [0.15, 0.2) is 65.4 Å². The Morgan fingerprint density at radius 1 is 0.792 bits per heavy atom. The largest absolute Gasteiger partial charge is 0.506 e. The van der Waals surface area contributed by atoms with Crippen molar-refractivity contribution in [1.29, 1.82) is 0 Å². The second kappa shape index (κ2) is 7.03. The van der Waals surface area contributed by atoms with Crippen molar-refractivity contribution >= 4 is 49.3 Å². The van der Waals surface area contributed by atoms with Gasteiger partial charge in [-0.25, -0.2) is 0 Å². The predicted molar refractivity (Wildman–Crippen MR) is 99.5 cm³/mol. The van der Waals surface area contributed by atoms with Crippen molar-refractivity contribution in [3.05, 3.63) is 70.4 Å². The van der Waals surface area contributed by atoms with Crippen LogP contribution in [0.5, 0.6) is 11.5 Å². The minimum atomic E-state index is 0.184. The van der Waals surface area contributed by atoms with Crippen LogP contribution in [-0.4, -0.2) is 20.2 Å². The van der Waals surface area contributed by atoms with E-state index in [1.807, 2.05) is 18.2 Å². The molecule has 2 aromatic carbocycles. The Morgan fingerprint density at radius 3 is 1.96 bits per heavy atom. The number of phenols is 2. The maximum atomic E-state index is 9.38. The molecule has 0 amide bonds. The van der Waals surface area contributed by atoms with Crippen LogP contribution in [0.1, 0.15) is 0 Å². The first-order chi connectivity index (χ1) is 11.5. The highest BCUT2D eigenvalue weighted by atomic mass is 79.9. The van der Waals surface area contributed by atoms with Crippen molar-refractivity contribution in [2.24, 2.45) is 0 Å². The van der Waals surface area contributed by atoms with Gasteiger partial charge in [0.25, 0.3) is 0 Å². The normalized spacial score (nSPS) is 10.4. The summed E-state index contributed by atoms with van der Waals surface area (Å²) in [6, 6.07) is 14.2. The first kappa shape index (κ1) is 16.5. The predicted octanol–water partition coefficient (Wildman–Crippen LogP) is 5.30. The molecule has 4 nitrogen and oxygen atoms in total. The third kappa shape index (κ3) is 3.58. The molecular weight excluding hydrogens is 392 g/mol. The van der Waals surface area contributed by atoms with Crippen molar-refractivity contribution in [2.45, 2.75) is 0 Å². The number of phenolic OH excluding ortho intramolecular Hbond substituents is 2. The van der Waals surface area contributed by atoms with Crippen LogP contribution in [0.4, 0.5) is 0 Å². The molecule has 24 heavy (non-hydrogen) atoms. The van der Waals surface area contributed by atoms with E-state index >= 15 is 0 Å². The van der Waals surface area contributed by atoms with E-state index in [4.69, 9.17) is 11.6 Å². The molecule has 6 heteroatoms. The number of aromatic nitrogens is 2. The van der Waals surface area contributed by atoms with Gasteiger partial charge in [0.15, 0.2) is 0 Å². The highest BCUT2D eigenvalue weighted by molar-refractivity contribution is 9.10. The molecule has 2 aromatic heterocycles. The van der Waals surface area contributed by atoms with Crippen LogP contribution in [0.25, 0.3) is 21.8 Å². The average molecular weight is 404 g/mol. The Labute approximate surface area is 151 Å². The van der Waals surface area contributed by atoms with Crippen LogP contribution in [0.2, 0.25) is 5.02 Å². The van der Waals surface area contributed by atoms with Gasteiger partial charge in [-0.1, -0.05) is 35.9 Å². The van der Waals surface area contributed by atoms with Gasteiger partial charge in [0.05, 0.1) is 5.02 Å². The number of halogens is 2. The van der Waals surface area contributed by atoms with Gasteiger partial charge < -0.3 is 10.2 Å². The van der Waals surface area contributed by atoms with E-state index in [1.165, 1.54) is 6.20 Å². The van der Waals surface area contributed by atoms with Crippen molar-refractivity contribution in [3.8, 4) is 11.5 Å². The second-order valence-corrected chi connectivity index (χ2v) is 6.36. The summed E-state index contributed by atoms with van der Waals surface area (Å²) in [6.45, 7) is 0. The monoisotopic (exact) mass is 402 g/mol. The highest BCUT2D eigenvalue weighted by Crippen LogP contribution is 2.24. The Balaban J connectivity index is 0.000000141. The molecule has 0 spiro atoms. The molecule has 0 radical (unpaired) electrons. The lowest BCUT2D eigenvalue weighted by molar-refractivity contribution is 0.480. The molecular formula is C18H12BrClN2O2. The van der Waals surface area contributed by atoms with Crippen LogP contribution in [0.3, 0.4) is 0 Å². The summed E-state index contributed by atoms with van der Waals surface area (Å²) in [5.41, 5.74) is 1.22. The minimum Gasteiger partial charge on any atom is -0.506 e. The zero-order valence-electron chi connectivity index (χ0n) is 12.3. The van der Waals surface area contributed by atoms with E-state index in [1.54, 1.807) is 36.5 Å². The van der Waals surface area contributed by atoms with E-state index in [2.05, 4.69) is 25.9 Å². The van der Waals surface area contributed by atoms with Crippen molar-refractivity contribution in [2.75, 3.05) is 0 Å². The Kier molecular flexibility index (Phi) is 4.83. The Morgan fingerprint density at radius 2 is 1.33 bits per heavy atom. The third-order valence-electron chi connectivity index (χ3n) is 3.31. The van der Waals surface area contributed by atoms with Gasteiger partial charge in [0, 0.05) is 27.6 Å². The first-order valence-corrected chi connectivity index (χ1v) is 8.18. The van der Waals surface area contributed by atoms with E-state index in [-0.39, 0.29) is 11.5 Å². The smallest absolute Gasteiger partial charge is 0.141 e. The lowest BCUT2D eigenvalue weighted by atomic mass is 10.2. The molecule has 0 atom stereocenters. The molecule has 0 aliphatic rings. The molecule has 2 heterocycles. The second-order valence-electron chi connectivity index (χ2n) is 5.00.